The van der Waals surface area contributed by atoms with E-state index in [9.17, 15) is 5.26 Å². The maximum Gasteiger partial charge on any atom is 0.120 e. The van der Waals surface area contributed by atoms with Gasteiger partial charge in [-0.05, 0) is 81.1 Å². The summed E-state index contributed by atoms with van der Waals surface area (Å²) in [6.07, 6.45) is 4.55. The summed E-state index contributed by atoms with van der Waals surface area (Å²) in [5.41, 5.74) is 10.9. The van der Waals surface area contributed by atoms with E-state index >= 15 is 0 Å². The average molecular weight is 497 g/mol. The molecule has 0 bridgehead atoms. The molecule has 4 aromatic rings. The van der Waals surface area contributed by atoms with Gasteiger partial charge < -0.3 is 25.1 Å². The fraction of sp³-hybridized carbons (Fsp3) is 0.290. The number of benzene rings is 3. The van der Waals surface area contributed by atoms with E-state index in [1.165, 1.54) is 19.0 Å². The molecule has 37 heavy (non-hydrogen) atoms. The Morgan fingerprint density at radius 3 is 2.35 bits per heavy atom. The molecule has 1 heterocycles. The molecular weight excluding hydrogens is 460 g/mol. The van der Waals surface area contributed by atoms with Crippen LogP contribution in [0, 0.1) is 11.3 Å². The van der Waals surface area contributed by atoms with Crippen LogP contribution in [-0.4, -0.2) is 31.6 Å². The number of carbonyl (C=O) groups excluding carboxylic acids is 1. The van der Waals surface area contributed by atoms with Crippen LogP contribution in [0.4, 0.5) is 5.69 Å². The number of hydrogen-bond acceptors (Lipinski definition) is 5. The summed E-state index contributed by atoms with van der Waals surface area (Å²) in [7, 11) is 1.50. The van der Waals surface area contributed by atoms with Crippen molar-refractivity contribution in [3.05, 3.63) is 83.9 Å². The SMILES string of the molecule is C=O.CCOc1ccc2c(c1)c(C#N)c(-c1ccc(NCCc3ccccc3)cc1)n2C1CCC1.CN. The van der Waals surface area contributed by atoms with Crippen LogP contribution in [0.1, 0.15) is 43.4 Å². The number of ether oxygens (including phenoxy) is 1. The molecule has 0 radical (unpaired) electrons. The number of nitrogens with one attached hydrogen (secondary N) is 1. The third-order valence-corrected chi connectivity index (χ3v) is 6.58. The molecule has 0 aliphatic heterocycles. The molecule has 0 spiro atoms. The third-order valence-electron chi connectivity index (χ3n) is 6.58. The topological polar surface area (TPSA) is 93.1 Å². The Kier molecular flexibility index (Phi) is 10.3. The van der Waals surface area contributed by atoms with Gasteiger partial charge in [-0.2, -0.15) is 5.26 Å². The molecule has 3 aromatic carbocycles. The largest absolute Gasteiger partial charge is 0.494 e. The molecule has 1 saturated carbocycles. The predicted octanol–water partition coefficient (Wildman–Crippen LogP) is 6.35. The monoisotopic (exact) mass is 496 g/mol. The molecule has 1 fully saturated rings. The summed E-state index contributed by atoms with van der Waals surface area (Å²) in [6.45, 7) is 5.48. The number of hydrogen-bond donors (Lipinski definition) is 2. The highest BCUT2D eigenvalue weighted by Crippen LogP contribution is 2.43. The first-order chi connectivity index (χ1) is 18.3. The Morgan fingerprint density at radius 2 is 1.76 bits per heavy atom. The summed E-state index contributed by atoms with van der Waals surface area (Å²) in [5.74, 6) is 0.816. The Bertz CT molecular complexity index is 1300. The first-order valence-corrected chi connectivity index (χ1v) is 12.7. The lowest BCUT2D eigenvalue weighted by Crippen LogP contribution is -2.17. The molecule has 0 unspecified atom stereocenters. The number of nitriles is 1. The summed E-state index contributed by atoms with van der Waals surface area (Å²) < 4.78 is 8.12. The molecular formula is C31H36N4O2. The summed E-state index contributed by atoms with van der Waals surface area (Å²) in [5, 5.41) is 14.6. The van der Waals surface area contributed by atoms with E-state index in [1.54, 1.807) is 0 Å². The lowest BCUT2D eigenvalue weighted by Gasteiger charge is -2.30. The lowest BCUT2D eigenvalue weighted by atomic mass is 9.92. The second-order valence-electron chi connectivity index (χ2n) is 8.64. The van der Waals surface area contributed by atoms with Gasteiger partial charge >= 0.3 is 0 Å². The molecule has 6 heteroatoms. The fourth-order valence-electron chi connectivity index (χ4n) is 4.71. The first-order valence-electron chi connectivity index (χ1n) is 12.7. The molecule has 1 aliphatic carbocycles. The van der Waals surface area contributed by atoms with E-state index in [-0.39, 0.29) is 0 Å². The summed E-state index contributed by atoms with van der Waals surface area (Å²) in [6, 6.07) is 28.1. The zero-order valence-electron chi connectivity index (χ0n) is 21.7. The van der Waals surface area contributed by atoms with E-state index in [0.717, 1.165) is 65.0 Å². The van der Waals surface area contributed by atoms with Crippen LogP contribution in [0.15, 0.2) is 72.8 Å². The van der Waals surface area contributed by atoms with Crippen LogP contribution >= 0.6 is 0 Å². The molecule has 1 aliphatic rings. The van der Waals surface area contributed by atoms with Crippen molar-refractivity contribution >= 4 is 23.4 Å². The molecule has 6 nitrogen and oxygen atoms in total. The Labute approximate surface area is 219 Å². The lowest BCUT2D eigenvalue weighted by molar-refractivity contribution is -0.0979. The highest BCUT2D eigenvalue weighted by Gasteiger charge is 2.27. The maximum atomic E-state index is 10.1. The Morgan fingerprint density at radius 1 is 1.05 bits per heavy atom. The van der Waals surface area contributed by atoms with Gasteiger partial charge in [-0.3, -0.25) is 0 Å². The fourth-order valence-corrected chi connectivity index (χ4v) is 4.71. The van der Waals surface area contributed by atoms with Gasteiger partial charge in [0.1, 0.15) is 18.6 Å². The number of nitrogens with zero attached hydrogens (tertiary/aromatic N) is 2. The summed E-state index contributed by atoms with van der Waals surface area (Å²) in [4.78, 5) is 8.00. The number of carbonyl (C=O) groups is 1. The van der Waals surface area contributed by atoms with Crippen LogP contribution in [-0.2, 0) is 11.2 Å². The van der Waals surface area contributed by atoms with Gasteiger partial charge in [0.05, 0.1) is 23.4 Å². The van der Waals surface area contributed by atoms with Crippen LogP contribution < -0.4 is 15.8 Å². The zero-order chi connectivity index (χ0) is 26.6. The quantitative estimate of drug-likeness (QED) is 0.297. The molecule has 192 valence electrons. The normalized spacial score (nSPS) is 12.3. The third kappa shape index (κ3) is 6.19. The van der Waals surface area contributed by atoms with Gasteiger partial charge in [0, 0.05) is 23.7 Å². The second kappa shape index (κ2) is 13.9. The minimum atomic E-state index is 0.450. The van der Waals surface area contributed by atoms with Gasteiger partial charge in [-0.1, -0.05) is 42.5 Å². The van der Waals surface area contributed by atoms with Gasteiger partial charge in [-0.25, -0.2) is 0 Å². The van der Waals surface area contributed by atoms with Crippen LogP contribution in [0.2, 0.25) is 0 Å². The average Bonchev–Trinajstić information content (AvgIpc) is 3.24. The van der Waals surface area contributed by atoms with Crippen molar-refractivity contribution in [2.75, 3.05) is 25.5 Å². The Balaban J connectivity index is 0.000000907. The van der Waals surface area contributed by atoms with Gasteiger partial charge in [0.25, 0.3) is 0 Å². The van der Waals surface area contributed by atoms with Gasteiger partial charge in [0.15, 0.2) is 0 Å². The van der Waals surface area contributed by atoms with Gasteiger partial charge in [-0.15, -0.1) is 0 Å². The number of nitrogens with two attached hydrogens (primary N) is 1. The van der Waals surface area contributed by atoms with E-state index in [4.69, 9.17) is 9.53 Å². The van der Waals surface area contributed by atoms with Crippen molar-refractivity contribution in [3.63, 3.8) is 0 Å². The molecule has 5 rings (SSSR count). The minimum Gasteiger partial charge on any atom is -0.494 e. The number of aromatic nitrogens is 1. The number of fused-ring (bicyclic) bond motifs is 1. The van der Waals surface area contributed by atoms with Crippen molar-refractivity contribution < 1.29 is 9.53 Å². The van der Waals surface area contributed by atoms with E-state index in [1.807, 2.05) is 31.9 Å². The molecule has 3 N–H and O–H groups in total. The highest BCUT2D eigenvalue weighted by molar-refractivity contribution is 5.95. The number of rotatable bonds is 8. The molecule has 1 aromatic heterocycles. The molecule has 0 amide bonds. The van der Waals surface area contributed by atoms with Crippen molar-refractivity contribution in [1.82, 2.24) is 4.57 Å². The maximum absolute atomic E-state index is 10.1. The minimum absolute atomic E-state index is 0.450. The smallest absolute Gasteiger partial charge is 0.120 e. The standard InChI is InChI=1S/C29H29N3O.CH5N.CH2O/c1-2-33-25-15-16-28-26(19-25)27(20-30)29(32(28)24-9-6-10-24)22-11-13-23(14-12-22)31-18-17-21-7-4-3-5-8-21;2*1-2/h3-5,7-8,11-16,19,24,31H,2,6,9-10,17-18H2,1H3;2H2,1H3;1H2. The van der Waals surface area contributed by atoms with Crippen LogP contribution in [0.3, 0.4) is 0 Å². The molecule has 0 saturated heterocycles. The van der Waals surface area contributed by atoms with Crippen molar-refractivity contribution in [2.24, 2.45) is 5.73 Å². The van der Waals surface area contributed by atoms with E-state index in [2.05, 4.69) is 76.3 Å². The van der Waals surface area contributed by atoms with Crippen molar-refractivity contribution in [3.8, 4) is 23.1 Å². The predicted molar refractivity (Wildman–Crippen MR) is 152 cm³/mol. The van der Waals surface area contributed by atoms with Crippen molar-refractivity contribution in [1.29, 1.82) is 5.26 Å². The molecule has 0 atom stereocenters. The van der Waals surface area contributed by atoms with E-state index in [0.29, 0.717) is 12.6 Å². The van der Waals surface area contributed by atoms with Crippen molar-refractivity contribution in [2.45, 2.75) is 38.6 Å². The summed E-state index contributed by atoms with van der Waals surface area (Å²) >= 11 is 0. The van der Waals surface area contributed by atoms with Crippen LogP contribution in [0.5, 0.6) is 5.75 Å². The van der Waals surface area contributed by atoms with Gasteiger partial charge in [0.2, 0.25) is 0 Å². The Hall–Kier alpha value is -4.08. The van der Waals surface area contributed by atoms with Crippen LogP contribution in [0.25, 0.3) is 22.2 Å². The zero-order valence-corrected chi connectivity index (χ0v) is 21.7. The second-order valence-corrected chi connectivity index (χ2v) is 8.64. The number of anilines is 1. The first kappa shape index (κ1) is 27.5. The highest BCUT2D eigenvalue weighted by atomic mass is 16.5. The van der Waals surface area contributed by atoms with E-state index < -0.39 is 0 Å².